The molecule has 10 heteroatoms. The average Bonchev–Trinajstić information content (AvgIpc) is 3.59. The normalized spacial score (nSPS) is 16.7. The molecule has 4 N–H and O–H groups in total. The number of nitrogens with one attached hydrogen (secondary N) is 2. The van der Waals surface area contributed by atoms with Crippen LogP contribution in [0.4, 0.5) is 11.6 Å². The second-order valence-electron chi connectivity index (χ2n) is 9.49. The molecule has 0 spiro atoms. The van der Waals surface area contributed by atoms with E-state index in [2.05, 4.69) is 27.6 Å². The Balaban J connectivity index is 1.44. The summed E-state index contributed by atoms with van der Waals surface area (Å²) in [6, 6.07) is 14.1. The summed E-state index contributed by atoms with van der Waals surface area (Å²) in [5.41, 5.74) is 7.83. The summed E-state index contributed by atoms with van der Waals surface area (Å²) in [4.78, 5) is 32.4. The summed E-state index contributed by atoms with van der Waals surface area (Å²) >= 11 is 0. The summed E-state index contributed by atoms with van der Waals surface area (Å²) in [5.74, 6) is 7.17. The number of anilines is 2. The predicted molar refractivity (Wildman–Crippen MR) is 149 cm³/mol. The molecule has 2 aromatic carbocycles. The summed E-state index contributed by atoms with van der Waals surface area (Å²) in [6.45, 7) is 3.64. The molecule has 0 bridgehead atoms. The molecule has 10 nitrogen and oxygen atoms in total. The summed E-state index contributed by atoms with van der Waals surface area (Å²) in [7, 11) is 0. The second kappa shape index (κ2) is 10.1. The van der Waals surface area contributed by atoms with Crippen LogP contribution in [0.15, 0.2) is 59.4 Å². The molecule has 2 aliphatic rings. The Morgan fingerprint density at radius 1 is 1.23 bits per heavy atom. The maximum absolute atomic E-state index is 14.1. The lowest BCUT2D eigenvalue weighted by Crippen LogP contribution is -2.34. The van der Waals surface area contributed by atoms with Gasteiger partial charge in [0.2, 0.25) is 0 Å². The number of nitrogen functional groups attached to an aromatic ring is 1. The molecular weight excluding hydrogens is 494 g/mol. The van der Waals surface area contributed by atoms with Crippen LogP contribution in [0.2, 0.25) is 0 Å². The number of nitrogens with two attached hydrogens (primary N) is 1. The van der Waals surface area contributed by atoms with Crippen LogP contribution in [0.5, 0.6) is 0 Å². The minimum atomic E-state index is -0.644. The van der Waals surface area contributed by atoms with Gasteiger partial charge in [-0.3, -0.25) is 14.2 Å². The molecular formula is C29H27N7O3. The van der Waals surface area contributed by atoms with Gasteiger partial charge in [-0.25, -0.2) is 9.67 Å². The van der Waals surface area contributed by atoms with Crippen molar-refractivity contribution in [3.05, 3.63) is 81.9 Å². The highest BCUT2D eigenvalue weighted by molar-refractivity contribution is 6.04. The van der Waals surface area contributed by atoms with E-state index in [1.54, 1.807) is 19.2 Å². The molecule has 2 atom stereocenters. The first-order valence-corrected chi connectivity index (χ1v) is 12.8. The van der Waals surface area contributed by atoms with Gasteiger partial charge < -0.3 is 21.1 Å². The van der Waals surface area contributed by atoms with Crippen LogP contribution in [0.3, 0.4) is 0 Å². The first-order valence-electron chi connectivity index (χ1n) is 12.8. The standard InChI is InChI=1S/C29H27N7O3/c1-18(32-28(37)24-25(30)34-35-15-6-14-31-27(24)35)26-33-22-10-5-7-20(12-11-19-13-16-39-17-19)23(22)29(38)36(26)21-8-3-2-4-9-21/h2-10,15,18-19,31H,13-14,16-17H2,1H3,(H2,30,34)(H,32,37). The molecule has 39 heavy (non-hydrogen) atoms. The van der Waals surface area contributed by atoms with E-state index in [4.69, 9.17) is 15.5 Å². The molecule has 4 aromatic rings. The van der Waals surface area contributed by atoms with Crippen molar-refractivity contribution in [2.24, 2.45) is 5.92 Å². The van der Waals surface area contributed by atoms with Crippen molar-refractivity contribution >= 4 is 34.6 Å². The zero-order chi connectivity index (χ0) is 26.9. The van der Waals surface area contributed by atoms with Crippen LogP contribution in [-0.4, -0.2) is 45.0 Å². The highest BCUT2D eigenvalue weighted by Crippen LogP contribution is 2.26. The third kappa shape index (κ3) is 4.53. The highest BCUT2D eigenvalue weighted by atomic mass is 16.5. The number of carbonyl (C=O) groups is 1. The summed E-state index contributed by atoms with van der Waals surface area (Å²) in [6.07, 6.45) is 4.50. The second-order valence-corrected chi connectivity index (χ2v) is 9.49. The predicted octanol–water partition coefficient (Wildman–Crippen LogP) is 2.94. The fraction of sp³-hybridized carbons (Fsp3) is 0.241. The van der Waals surface area contributed by atoms with Crippen LogP contribution >= 0.6 is 0 Å². The molecule has 2 aromatic heterocycles. The van der Waals surface area contributed by atoms with Gasteiger partial charge in [0.25, 0.3) is 11.5 Å². The van der Waals surface area contributed by atoms with Crippen LogP contribution in [0.25, 0.3) is 22.8 Å². The molecule has 4 heterocycles. The Kier molecular flexibility index (Phi) is 6.34. The zero-order valence-electron chi connectivity index (χ0n) is 21.3. The molecule has 2 aliphatic heterocycles. The van der Waals surface area contributed by atoms with E-state index in [0.717, 1.165) is 6.42 Å². The number of fused-ring (bicyclic) bond motifs is 2. The van der Waals surface area contributed by atoms with Gasteiger partial charge >= 0.3 is 0 Å². The monoisotopic (exact) mass is 521 g/mol. The number of amides is 1. The van der Waals surface area contributed by atoms with Gasteiger partial charge in [-0.1, -0.05) is 36.1 Å². The van der Waals surface area contributed by atoms with Crippen LogP contribution in [-0.2, 0) is 4.74 Å². The van der Waals surface area contributed by atoms with Gasteiger partial charge in [-0.2, -0.15) is 0 Å². The highest BCUT2D eigenvalue weighted by Gasteiger charge is 2.26. The minimum Gasteiger partial charge on any atom is -0.381 e. The molecule has 1 fully saturated rings. The Labute approximate surface area is 224 Å². The van der Waals surface area contributed by atoms with Gasteiger partial charge in [-0.05, 0) is 43.7 Å². The number of hydrogen-bond acceptors (Lipinski definition) is 7. The number of ether oxygens (including phenoxy) is 1. The first kappa shape index (κ1) is 24.5. The number of carbonyl (C=O) groups excluding carboxylic acids is 1. The van der Waals surface area contributed by atoms with Crippen molar-refractivity contribution in [1.29, 1.82) is 0 Å². The fourth-order valence-corrected chi connectivity index (χ4v) is 4.89. The SMILES string of the molecule is CC(NC(=O)c1c(N)nn2c1NCC=C2)c1nc2cccc(C#CC3CCOC3)c2c(=O)n1-c1ccccc1. The van der Waals surface area contributed by atoms with E-state index >= 15 is 0 Å². The average molecular weight is 522 g/mol. The van der Waals surface area contributed by atoms with E-state index in [1.807, 2.05) is 48.5 Å². The Hall–Kier alpha value is -4.88. The van der Waals surface area contributed by atoms with Crippen LogP contribution in [0.1, 0.15) is 41.1 Å². The van der Waals surface area contributed by atoms with Gasteiger partial charge in [0.15, 0.2) is 5.82 Å². The lowest BCUT2D eigenvalue weighted by molar-refractivity contribution is 0.0939. The Morgan fingerprint density at radius 3 is 2.87 bits per heavy atom. The number of rotatable bonds is 4. The molecule has 0 radical (unpaired) electrons. The zero-order valence-corrected chi connectivity index (χ0v) is 21.3. The van der Waals surface area contributed by atoms with Crippen molar-refractivity contribution in [1.82, 2.24) is 24.6 Å². The third-order valence-corrected chi connectivity index (χ3v) is 6.81. The van der Waals surface area contributed by atoms with E-state index in [-0.39, 0.29) is 22.9 Å². The number of nitrogens with zero attached hydrogens (tertiary/aromatic N) is 4. The Bertz CT molecular complexity index is 1720. The third-order valence-electron chi connectivity index (χ3n) is 6.81. The van der Waals surface area contributed by atoms with Crippen molar-refractivity contribution in [2.45, 2.75) is 19.4 Å². The van der Waals surface area contributed by atoms with Gasteiger partial charge in [0.05, 0.1) is 29.2 Å². The van der Waals surface area contributed by atoms with Crippen molar-refractivity contribution in [2.75, 3.05) is 30.8 Å². The van der Waals surface area contributed by atoms with E-state index in [0.29, 0.717) is 53.6 Å². The lowest BCUT2D eigenvalue weighted by Gasteiger charge is -2.20. The number of aromatic nitrogens is 4. The van der Waals surface area contributed by atoms with E-state index in [9.17, 15) is 9.59 Å². The lowest BCUT2D eigenvalue weighted by atomic mass is 10.1. The quantitative estimate of drug-likeness (QED) is 0.352. The fourth-order valence-electron chi connectivity index (χ4n) is 4.89. The molecule has 1 amide bonds. The first-order chi connectivity index (χ1) is 19.0. The number of para-hydroxylation sites is 1. The summed E-state index contributed by atoms with van der Waals surface area (Å²) < 4.78 is 8.51. The van der Waals surface area contributed by atoms with Crippen molar-refractivity contribution in [3.63, 3.8) is 0 Å². The van der Waals surface area contributed by atoms with Crippen LogP contribution < -0.4 is 21.9 Å². The van der Waals surface area contributed by atoms with Crippen molar-refractivity contribution in [3.8, 4) is 17.5 Å². The molecule has 6 rings (SSSR count). The molecule has 1 saturated heterocycles. The van der Waals surface area contributed by atoms with Crippen molar-refractivity contribution < 1.29 is 9.53 Å². The molecule has 2 unspecified atom stereocenters. The largest absolute Gasteiger partial charge is 0.381 e. The summed E-state index contributed by atoms with van der Waals surface area (Å²) in [5, 5.41) is 10.8. The maximum Gasteiger partial charge on any atom is 0.267 e. The minimum absolute atomic E-state index is 0.108. The molecule has 0 saturated carbocycles. The molecule has 0 aliphatic carbocycles. The van der Waals surface area contributed by atoms with Gasteiger partial charge in [0.1, 0.15) is 17.2 Å². The van der Waals surface area contributed by atoms with Gasteiger partial charge in [-0.15, -0.1) is 5.10 Å². The van der Waals surface area contributed by atoms with E-state index in [1.165, 1.54) is 9.25 Å². The molecule has 196 valence electrons. The van der Waals surface area contributed by atoms with Gasteiger partial charge in [0, 0.05) is 30.8 Å². The van der Waals surface area contributed by atoms with Crippen LogP contribution in [0, 0.1) is 17.8 Å². The number of hydrogen-bond donors (Lipinski definition) is 3. The smallest absolute Gasteiger partial charge is 0.267 e. The number of benzene rings is 2. The topological polar surface area (TPSA) is 129 Å². The maximum atomic E-state index is 14.1. The Morgan fingerprint density at radius 2 is 2.08 bits per heavy atom. The van der Waals surface area contributed by atoms with E-state index < -0.39 is 11.9 Å².